The van der Waals surface area contributed by atoms with Gasteiger partial charge in [-0.15, -0.1) is 11.3 Å². The third-order valence-electron chi connectivity index (χ3n) is 4.34. The van der Waals surface area contributed by atoms with Crippen LogP contribution in [-0.4, -0.2) is 49.7 Å². The van der Waals surface area contributed by atoms with Gasteiger partial charge < -0.3 is 10.0 Å². The second-order valence-corrected chi connectivity index (χ2v) is 8.18. The van der Waals surface area contributed by atoms with Crippen molar-refractivity contribution in [3.05, 3.63) is 34.0 Å². The van der Waals surface area contributed by atoms with E-state index in [0.717, 1.165) is 17.8 Å². The Morgan fingerprint density at radius 1 is 1.28 bits per heavy atom. The Hall–Kier alpha value is -2.22. The summed E-state index contributed by atoms with van der Waals surface area (Å²) in [7, 11) is 0. The standard InChI is InChI=1S/C17H22N4O3S/c1-17(2,3)16-19-13(10-25-16)14(22)20-6-4-12(5-7-20)21-9-11(8-18-21)15(23)24/h8-10,12H,4-7H2,1-3H3,(H,23,24). The Morgan fingerprint density at radius 3 is 2.48 bits per heavy atom. The third-order valence-corrected chi connectivity index (χ3v) is 5.61. The molecule has 3 heterocycles. The third kappa shape index (κ3) is 3.73. The molecule has 0 atom stereocenters. The predicted molar refractivity (Wildman–Crippen MR) is 94.2 cm³/mol. The summed E-state index contributed by atoms with van der Waals surface area (Å²) in [6.07, 6.45) is 4.43. The molecule has 0 aromatic carbocycles. The Labute approximate surface area is 150 Å². The Bertz CT molecular complexity index is 782. The van der Waals surface area contributed by atoms with Gasteiger partial charge in [0.05, 0.1) is 22.8 Å². The molecular formula is C17H22N4O3S. The van der Waals surface area contributed by atoms with Gasteiger partial charge in [0.1, 0.15) is 5.69 Å². The lowest BCUT2D eigenvalue weighted by Crippen LogP contribution is -2.39. The van der Waals surface area contributed by atoms with E-state index in [-0.39, 0.29) is 22.9 Å². The largest absolute Gasteiger partial charge is 0.478 e. The SMILES string of the molecule is CC(C)(C)c1nc(C(=O)N2CCC(n3cc(C(=O)O)cn3)CC2)cs1. The number of hydrogen-bond donors (Lipinski definition) is 1. The van der Waals surface area contributed by atoms with Crippen molar-refractivity contribution < 1.29 is 14.7 Å². The molecule has 1 N–H and O–H groups in total. The molecule has 134 valence electrons. The summed E-state index contributed by atoms with van der Waals surface area (Å²) in [6.45, 7) is 7.49. The maximum absolute atomic E-state index is 12.6. The molecule has 2 aromatic rings. The number of carbonyl (C=O) groups is 2. The molecule has 1 amide bonds. The monoisotopic (exact) mass is 362 g/mol. The molecule has 1 aliphatic rings. The van der Waals surface area contributed by atoms with Crippen molar-refractivity contribution >= 4 is 23.2 Å². The van der Waals surface area contributed by atoms with Crippen molar-refractivity contribution in [2.24, 2.45) is 0 Å². The molecule has 0 aliphatic carbocycles. The molecule has 2 aromatic heterocycles. The van der Waals surface area contributed by atoms with E-state index in [4.69, 9.17) is 5.11 Å². The number of likely N-dealkylation sites (tertiary alicyclic amines) is 1. The molecule has 0 radical (unpaired) electrons. The summed E-state index contributed by atoms with van der Waals surface area (Å²) in [5.74, 6) is -1.01. The van der Waals surface area contributed by atoms with Crippen molar-refractivity contribution in [3.63, 3.8) is 0 Å². The second-order valence-electron chi connectivity index (χ2n) is 7.33. The smallest absolute Gasteiger partial charge is 0.338 e. The molecule has 1 fully saturated rings. The van der Waals surface area contributed by atoms with E-state index in [1.165, 1.54) is 17.5 Å². The molecule has 0 spiro atoms. The van der Waals surface area contributed by atoms with Crippen LogP contribution in [0.2, 0.25) is 0 Å². The highest BCUT2D eigenvalue weighted by atomic mass is 32.1. The number of rotatable bonds is 3. The van der Waals surface area contributed by atoms with Gasteiger partial charge in [-0.2, -0.15) is 5.10 Å². The number of piperidine rings is 1. The molecule has 0 saturated carbocycles. The zero-order valence-electron chi connectivity index (χ0n) is 14.6. The van der Waals surface area contributed by atoms with Gasteiger partial charge in [-0.1, -0.05) is 20.8 Å². The Morgan fingerprint density at radius 2 is 1.96 bits per heavy atom. The van der Waals surface area contributed by atoms with E-state index in [1.54, 1.807) is 10.9 Å². The fourth-order valence-corrected chi connectivity index (χ4v) is 3.74. The van der Waals surface area contributed by atoms with E-state index in [0.29, 0.717) is 18.8 Å². The van der Waals surface area contributed by atoms with E-state index < -0.39 is 5.97 Å². The number of aromatic carboxylic acids is 1. The highest BCUT2D eigenvalue weighted by Gasteiger charge is 2.28. The van der Waals surface area contributed by atoms with E-state index >= 15 is 0 Å². The van der Waals surface area contributed by atoms with Gasteiger partial charge in [0.25, 0.3) is 5.91 Å². The molecule has 7 nitrogen and oxygen atoms in total. The summed E-state index contributed by atoms with van der Waals surface area (Å²) < 4.78 is 1.70. The van der Waals surface area contributed by atoms with Crippen molar-refractivity contribution in [1.29, 1.82) is 0 Å². The van der Waals surface area contributed by atoms with Crippen molar-refractivity contribution in [2.75, 3.05) is 13.1 Å². The summed E-state index contributed by atoms with van der Waals surface area (Å²) in [5.41, 5.74) is 0.648. The first-order chi connectivity index (χ1) is 11.8. The fourth-order valence-electron chi connectivity index (χ4n) is 2.86. The minimum atomic E-state index is -0.975. The van der Waals surface area contributed by atoms with Crippen LogP contribution in [-0.2, 0) is 5.41 Å². The molecule has 25 heavy (non-hydrogen) atoms. The molecule has 1 aliphatic heterocycles. The maximum atomic E-state index is 12.6. The number of aromatic nitrogens is 3. The van der Waals surface area contributed by atoms with Gasteiger partial charge in [0.15, 0.2) is 0 Å². The molecule has 1 saturated heterocycles. The average Bonchev–Trinajstić information content (AvgIpc) is 3.23. The van der Waals surface area contributed by atoms with Crippen molar-refractivity contribution in [1.82, 2.24) is 19.7 Å². The molecule has 8 heteroatoms. The van der Waals surface area contributed by atoms with E-state index in [2.05, 4.69) is 30.9 Å². The van der Waals surface area contributed by atoms with Gasteiger partial charge >= 0.3 is 5.97 Å². The normalized spacial score (nSPS) is 16.2. The summed E-state index contributed by atoms with van der Waals surface area (Å²) >= 11 is 1.52. The summed E-state index contributed by atoms with van der Waals surface area (Å²) in [4.78, 5) is 29.9. The summed E-state index contributed by atoms with van der Waals surface area (Å²) in [6, 6.07) is 0.123. The second kappa shape index (κ2) is 6.59. The first kappa shape index (κ1) is 17.6. The maximum Gasteiger partial charge on any atom is 0.338 e. The van der Waals surface area contributed by atoms with Gasteiger partial charge in [0, 0.05) is 30.1 Å². The fraction of sp³-hybridized carbons (Fsp3) is 0.529. The quantitative estimate of drug-likeness (QED) is 0.907. The highest BCUT2D eigenvalue weighted by molar-refractivity contribution is 7.10. The van der Waals surface area contributed by atoms with Gasteiger partial charge in [-0.05, 0) is 12.8 Å². The predicted octanol–water partition coefficient (Wildman–Crippen LogP) is 2.81. The number of carboxylic acid groups (broad SMARTS) is 1. The molecule has 0 bridgehead atoms. The first-order valence-corrected chi connectivity index (χ1v) is 9.16. The number of carbonyl (C=O) groups excluding carboxylic acids is 1. The van der Waals surface area contributed by atoms with Crippen molar-refractivity contribution in [2.45, 2.75) is 45.1 Å². The van der Waals surface area contributed by atoms with Crippen LogP contribution >= 0.6 is 11.3 Å². The Balaban J connectivity index is 1.62. The lowest BCUT2D eigenvalue weighted by molar-refractivity contribution is 0.0683. The molecular weight excluding hydrogens is 340 g/mol. The van der Waals surface area contributed by atoms with Crippen LogP contribution in [0.4, 0.5) is 0 Å². The van der Waals surface area contributed by atoms with E-state index in [9.17, 15) is 9.59 Å². The van der Waals surface area contributed by atoms with Crippen LogP contribution < -0.4 is 0 Å². The van der Waals surface area contributed by atoms with Gasteiger partial charge in [-0.25, -0.2) is 9.78 Å². The van der Waals surface area contributed by atoms with Gasteiger partial charge in [0.2, 0.25) is 0 Å². The number of carboxylic acids is 1. The zero-order valence-corrected chi connectivity index (χ0v) is 15.4. The van der Waals surface area contributed by atoms with Crippen LogP contribution in [0.1, 0.15) is 65.5 Å². The van der Waals surface area contributed by atoms with Crippen LogP contribution in [0.3, 0.4) is 0 Å². The molecule has 0 unspecified atom stereocenters. The van der Waals surface area contributed by atoms with Crippen LogP contribution in [0.15, 0.2) is 17.8 Å². The lowest BCUT2D eigenvalue weighted by atomic mass is 9.98. The summed E-state index contributed by atoms with van der Waals surface area (Å²) in [5, 5.41) is 15.9. The highest BCUT2D eigenvalue weighted by Crippen LogP contribution is 2.27. The minimum Gasteiger partial charge on any atom is -0.478 e. The van der Waals surface area contributed by atoms with Crippen molar-refractivity contribution in [3.8, 4) is 0 Å². The first-order valence-electron chi connectivity index (χ1n) is 8.28. The minimum absolute atomic E-state index is 0.0307. The number of amides is 1. The number of thiazole rings is 1. The lowest BCUT2D eigenvalue weighted by Gasteiger charge is -2.31. The van der Waals surface area contributed by atoms with Crippen LogP contribution in [0.25, 0.3) is 0 Å². The average molecular weight is 362 g/mol. The Kier molecular flexibility index (Phi) is 4.64. The topological polar surface area (TPSA) is 88.3 Å². The van der Waals surface area contributed by atoms with Gasteiger partial charge in [-0.3, -0.25) is 9.48 Å². The van der Waals surface area contributed by atoms with Crippen LogP contribution in [0, 0.1) is 0 Å². The van der Waals surface area contributed by atoms with Crippen LogP contribution in [0.5, 0.6) is 0 Å². The molecule has 3 rings (SSSR count). The number of hydrogen-bond acceptors (Lipinski definition) is 5. The number of nitrogens with zero attached hydrogens (tertiary/aromatic N) is 4. The zero-order chi connectivity index (χ0) is 18.2. The van der Waals surface area contributed by atoms with E-state index in [1.807, 2.05) is 10.3 Å².